The Labute approximate surface area is 106 Å². The van der Waals surface area contributed by atoms with E-state index < -0.39 is 5.54 Å². The highest BCUT2D eigenvalue weighted by Gasteiger charge is 2.37. The lowest BCUT2D eigenvalue weighted by Gasteiger charge is -2.22. The summed E-state index contributed by atoms with van der Waals surface area (Å²) in [5, 5.41) is 3.99. The third kappa shape index (κ3) is 1.78. The van der Waals surface area contributed by atoms with Gasteiger partial charge in [-0.15, -0.1) is 0 Å². The Balaban J connectivity index is 1.88. The Morgan fingerprint density at radius 3 is 2.83 bits per heavy atom. The van der Waals surface area contributed by atoms with Crippen LogP contribution in [0.3, 0.4) is 0 Å². The maximum Gasteiger partial charge on any atom is 0.244 e. The number of nitrogens with one attached hydrogen (secondary N) is 2. The quantitative estimate of drug-likeness (QED) is 0.757. The van der Waals surface area contributed by atoms with E-state index >= 15 is 0 Å². The summed E-state index contributed by atoms with van der Waals surface area (Å²) in [4.78, 5) is 15.4. The molecule has 1 aliphatic rings. The minimum absolute atomic E-state index is 0.0614. The highest BCUT2D eigenvalue weighted by atomic mass is 16.2. The lowest BCUT2D eigenvalue weighted by atomic mass is 9.98. The van der Waals surface area contributed by atoms with E-state index in [4.69, 9.17) is 5.73 Å². The molecule has 94 valence electrons. The molecule has 0 aliphatic heterocycles. The molecule has 4 heteroatoms. The highest BCUT2D eigenvalue weighted by molar-refractivity contribution is 6.04. The number of benzene rings is 1. The number of aromatic amines is 1. The number of hydrogen-bond donors (Lipinski definition) is 3. The molecule has 1 fully saturated rings. The van der Waals surface area contributed by atoms with Gasteiger partial charge in [0.05, 0.1) is 11.2 Å². The zero-order valence-corrected chi connectivity index (χ0v) is 10.2. The van der Waals surface area contributed by atoms with E-state index in [1.807, 2.05) is 30.5 Å². The molecule has 2 aromatic rings. The molecule has 1 saturated carbocycles. The fraction of sp³-hybridized carbons (Fsp3) is 0.357. The molecule has 1 amide bonds. The number of hydrogen-bond acceptors (Lipinski definition) is 2. The third-order valence-corrected chi connectivity index (χ3v) is 3.79. The lowest BCUT2D eigenvalue weighted by Crippen LogP contribution is -2.48. The van der Waals surface area contributed by atoms with Crippen molar-refractivity contribution in [1.82, 2.24) is 4.98 Å². The topological polar surface area (TPSA) is 70.9 Å². The fourth-order valence-corrected chi connectivity index (χ4v) is 2.67. The lowest BCUT2D eigenvalue weighted by molar-refractivity contribution is -0.120. The molecule has 0 bridgehead atoms. The summed E-state index contributed by atoms with van der Waals surface area (Å²) in [6.07, 6.45) is 5.51. The van der Waals surface area contributed by atoms with Crippen molar-refractivity contribution in [2.24, 2.45) is 5.73 Å². The van der Waals surface area contributed by atoms with Gasteiger partial charge in [-0.05, 0) is 31.0 Å². The van der Waals surface area contributed by atoms with E-state index in [1.54, 1.807) is 0 Å². The van der Waals surface area contributed by atoms with Crippen molar-refractivity contribution >= 4 is 22.5 Å². The van der Waals surface area contributed by atoms with Crippen LogP contribution in [0, 0.1) is 0 Å². The molecule has 0 radical (unpaired) electrons. The smallest absolute Gasteiger partial charge is 0.244 e. The number of carbonyl (C=O) groups excluding carboxylic acids is 1. The van der Waals surface area contributed by atoms with E-state index in [0.717, 1.165) is 42.3 Å². The monoisotopic (exact) mass is 243 g/mol. The standard InChI is InChI=1S/C14H17N3O/c15-14(7-1-2-8-14)13(18)17-12-5-3-4-11-10(12)6-9-16-11/h3-6,9,16H,1-2,7-8,15H2,(H,17,18). The van der Waals surface area contributed by atoms with Gasteiger partial charge in [0.25, 0.3) is 0 Å². The summed E-state index contributed by atoms with van der Waals surface area (Å²) in [5.74, 6) is -0.0614. The van der Waals surface area contributed by atoms with Gasteiger partial charge in [-0.1, -0.05) is 18.9 Å². The molecule has 1 aromatic carbocycles. The number of amides is 1. The number of nitrogens with two attached hydrogens (primary N) is 1. The van der Waals surface area contributed by atoms with Crippen molar-refractivity contribution in [3.8, 4) is 0 Å². The molecule has 0 saturated heterocycles. The zero-order chi connectivity index (χ0) is 12.6. The van der Waals surface area contributed by atoms with Gasteiger partial charge in [-0.2, -0.15) is 0 Å². The van der Waals surface area contributed by atoms with E-state index in [9.17, 15) is 4.79 Å². The SMILES string of the molecule is NC1(C(=O)Nc2cccc3[nH]ccc23)CCCC1. The normalized spacial score (nSPS) is 18.1. The zero-order valence-electron chi connectivity index (χ0n) is 10.2. The summed E-state index contributed by atoms with van der Waals surface area (Å²) in [6, 6.07) is 7.78. The molecule has 0 atom stereocenters. The summed E-state index contributed by atoms with van der Waals surface area (Å²) in [7, 11) is 0. The minimum Gasteiger partial charge on any atom is -0.361 e. The Morgan fingerprint density at radius 2 is 2.06 bits per heavy atom. The Bertz CT molecular complexity index is 581. The van der Waals surface area contributed by atoms with Crippen LogP contribution in [-0.4, -0.2) is 16.4 Å². The van der Waals surface area contributed by atoms with Crippen molar-refractivity contribution in [3.63, 3.8) is 0 Å². The average Bonchev–Trinajstić information content (AvgIpc) is 2.98. The van der Waals surface area contributed by atoms with Gasteiger partial charge in [-0.25, -0.2) is 0 Å². The molecule has 3 rings (SSSR count). The van der Waals surface area contributed by atoms with Crippen molar-refractivity contribution in [2.75, 3.05) is 5.32 Å². The van der Waals surface area contributed by atoms with E-state index in [2.05, 4.69) is 10.3 Å². The molecule has 4 nitrogen and oxygen atoms in total. The third-order valence-electron chi connectivity index (χ3n) is 3.79. The minimum atomic E-state index is -0.682. The Hall–Kier alpha value is -1.81. The van der Waals surface area contributed by atoms with Crippen LogP contribution in [0.5, 0.6) is 0 Å². The van der Waals surface area contributed by atoms with Crippen LogP contribution in [0.4, 0.5) is 5.69 Å². The van der Waals surface area contributed by atoms with Crippen molar-refractivity contribution < 1.29 is 4.79 Å². The maximum atomic E-state index is 12.3. The predicted molar refractivity (Wildman–Crippen MR) is 72.3 cm³/mol. The van der Waals surface area contributed by atoms with Crippen LogP contribution in [0.15, 0.2) is 30.5 Å². The van der Waals surface area contributed by atoms with Crippen LogP contribution in [0.2, 0.25) is 0 Å². The van der Waals surface area contributed by atoms with E-state index in [-0.39, 0.29) is 5.91 Å². The molecule has 4 N–H and O–H groups in total. The number of carbonyl (C=O) groups is 1. The summed E-state index contributed by atoms with van der Waals surface area (Å²) < 4.78 is 0. The van der Waals surface area contributed by atoms with Gasteiger partial charge in [-0.3, -0.25) is 4.79 Å². The van der Waals surface area contributed by atoms with Gasteiger partial charge in [0.15, 0.2) is 0 Å². The first kappa shape index (κ1) is 11.3. The Morgan fingerprint density at radius 1 is 1.28 bits per heavy atom. The van der Waals surface area contributed by atoms with Crippen LogP contribution in [0.25, 0.3) is 10.9 Å². The van der Waals surface area contributed by atoms with Crippen LogP contribution >= 0.6 is 0 Å². The van der Waals surface area contributed by atoms with Gasteiger partial charge < -0.3 is 16.0 Å². The first-order valence-electron chi connectivity index (χ1n) is 6.35. The fourth-order valence-electron chi connectivity index (χ4n) is 2.67. The Kier molecular flexibility index (Phi) is 2.59. The van der Waals surface area contributed by atoms with Crippen molar-refractivity contribution in [2.45, 2.75) is 31.2 Å². The molecule has 1 aliphatic carbocycles. The molecule has 18 heavy (non-hydrogen) atoms. The number of rotatable bonds is 2. The van der Waals surface area contributed by atoms with E-state index in [1.165, 1.54) is 0 Å². The number of H-pyrrole nitrogens is 1. The van der Waals surface area contributed by atoms with Gasteiger partial charge >= 0.3 is 0 Å². The summed E-state index contributed by atoms with van der Waals surface area (Å²) in [6.45, 7) is 0. The van der Waals surface area contributed by atoms with Crippen molar-refractivity contribution in [1.29, 1.82) is 0 Å². The van der Waals surface area contributed by atoms with E-state index in [0.29, 0.717) is 0 Å². The number of fused-ring (bicyclic) bond motifs is 1. The second-order valence-electron chi connectivity index (χ2n) is 5.06. The average molecular weight is 243 g/mol. The van der Waals surface area contributed by atoms with Gasteiger partial charge in [0.2, 0.25) is 5.91 Å². The number of aromatic nitrogens is 1. The highest BCUT2D eigenvalue weighted by Crippen LogP contribution is 2.29. The van der Waals surface area contributed by atoms with Gasteiger partial charge in [0, 0.05) is 17.1 Å². The first-order chi connectivity index (χ1) is 8.69. The van der Waals surface area contributed by atoms with Crippen LogP contribution < -0.4 is 11.1 Å². The van der Waals surface area contributed by atoms with Crippen LogP contribution in [0.1, 0.15) is 25.7 Å². The molecule has 1 heterocycles. The first-order valence-corrected chi connectivity index (χ1v) is 6.35. The summed E-state index contributed by atoms with van der Waals surface area (Å²) >= 11 is 0. The number of anilines is 1. The maximum absolute atomic E-state index is 12.3. The van der Waals surface area contributed by atoms with Crippen molar-refractivity contribution in [3.05, 3.63) is 30.5 Å². The molecular weight excluding hydrogens is 226 g/mol. The summed E-state index contributed by atoms with van der Waals surface area (Å²) in [5.41, 5.74) is 7.32. The molecule has 0 spiro atoms. The largest absolute Gasteiger partial charge is 0.361 e. The molecule has 0 unspecified atom stereocenters. The molecular formula is C14H17N3O. The second kappa shape index (κ2) is 4.14. The van der Waals surface area contributed by atoms with Crippen LogP contribution in [-0.2, 0) is 4.79 Å². The molecule has 1 aromatic heterocycles. The van der Waals surface area contributed by atoms with Gasteiger partial charge in [0.1, 0.15) is 0 Å². The second-order valence-corrected chi connectivity index (χ2v) is 5.06. The predicted octanol–water partition coefficient (Wildman–Crippen LogP) is 2.38.